The molecule has 0 heterocycles. The van der Waals surface area contributed by atoms with Crippen LogP contribution in [-0.2, 0) is 4.79 Å². The van der Waals surface area contributed by atoms with E-state index in [0.29, 0.717) is 22.8 Å². The van der Waals surface area contributed by atoms with Crippen LogP contribution in [0.2, 0.25) is 0 Å². The third-order valence-electron chi connectivity index (χ3n) is 4.08. The first-order valence-electron chi connectivity index (χ1n) is 8.83. The topological polar surface area (TPSA) is 106 Å². The van der Waals surface area contributed by atoms with Crippen LogP contribution in [0.4, 0.5) is 28.4 Å². The minimum absolute atomic E-state index is 0.0589. The Hall–Kier alpha value is -4.07. The highest BCUT2D eigenvalue weighted by Gasteiger charge is 2.12. The number of ether oxygens (including phenoxy) is 1. The number of nitro benzene ring substituents is 1. The number of methoxy groups -OCH3 is 1. The van der Waals surface area contributed by atoms with E-state index in [2.05, 4.69) is 16.0 Å². The van der Waals surface area contributed by atoms with Crippen LogP contribution >= 0.6 is 0 Å². The van der Waals surface area contributed by atoms with Crippen molar-refractivity contribution in [3.05, 3.63) is 82.9 Å². The van der Waals surface area contributed by atoms with Gasteiger partial charge >= 0.3 is 0 Å². The molecule has 0 saturated heterocycles. The summed E-state index contributed by atoms with van der Waals surface area (Å²) in [6.07, 6.45) is 0. The maximum atomic E-state index is 12.3. The Balaban J connectivity index is 1.70. The number of hydrogen-bond acceptors (Lipinski definition) is 6. The first kappa shape index (κ1) is 19.7. The van der Waals surface area contributed by atoms with Gasteiger partial charge in [-0.3, -0.25) is 14.9 Å². The Bertz CT molecular complexity index is 991. The van der Waals surface area contributed by atoms with Gasteiger partial charge in [-0.25, -0.2) is 0 Å². The maximum Gasteiger partial charge on any atom is 0.271 e. The molecular formula is C21H20N4O4. The molecule has 0 atom stereocenters. The number of hydrogen-bond donors (Lipinski definition) is 3. The molecular weight excluding hydrogens is 372 g/mol. The van der Waals surface area contributed by atoms with Crippen LogP contribution in [0, 0.1) is 10.1 Å². The van der Waals surface area contributed by atoms with Crippen molar-refractivity contribution in [2.24, 2.45) is 0 Å². The van der Waals surface area contributed by atoms with Crippen molar-refractivity contribution in [2.75, 3.05) is 29.6 Å². The number of carbonyl (C=O) groups excluding carboxylic acids is 1. The third kappa shape index (κ3) is 5.46. The number of nitro groups is 1. The van der Waals surface area contributed by atoms with Crippen molar-refractivity contribution in [1.29, 1.82) is 0 Å². The van der Waals surface area contributed by atoms with Crippen LogP contribution in [-0.4, -0.2) is 24.5 Å². The summed E-state index contributed by atoms with van der Waals surface area (Å²) < 4.78 is 5.08. The Labute approximate surface area is 167 Å². The van der Waals surface area contributed by atoms with Crippen LogP contribution in [0.25, 0.3) is 0 Å². The number of rotatable bonds is 8. The van der Waals surface area contributed by atoms with Crippen LogP contribution in [0.1, 0.15) is 0 Å². The Morgan fingerprint density at radius 3 is 2.34 bits per heavy atom. The number of nitrogens with zero attached hydrogens (tertiary/aromatic N) is 1. The average Bonchev–Trinajstić information content (AvgIpc) is 2.74. The molecule has 29 heavy (non-hydrogen) atoms. The van der Waals surface area contributed by atoms with Crippen molar-refractivity contribution in [2.45, 2.75) is 0 Å². The molecule has 0 saturated carbocycles. The predicted molar refractivity (Wildman–Crippen MR) is 113 cm³/mol. The zero-order chi connectivity index (χ0) is 20.6. The minimum atomic E-state index is -0.477. The largest absolute Gasteiger partial charge is 0.497 e. The molecule has 0 fully saturated rings. The van der Waals surface area contributed by atoms with E-state index >= 15 is 0 Å². The lowest BCUT2D eigenvalue weighted by molar-refractivity contribution is -0.384. The van der Waals surface area contributed by atoms with Gasteiger partial charge in [0.2, 0.25) is 5.91 Å². The van der Waals surface area contributed by atoms with Gasteiger partial charge in [-0.05, 0) is 42.5 Å². The lowest BCUT2D eigenvalue weighted by atomic mass is 10.2. The number of benzene rings is 3. The molecule has 148 valence electrons. The van der Waals surface area contributed by atoms with Crippen molar-refractivity contribution >= 4 is 34.3 Å². The summed E-state index contributed by atoms with van der Waals surface area (Å²) in [6, 6.07) is 20.8. The quantitative estimate of drug-likeness (QED) is 0.388. The van der Waals surface area contributed by atoms with E-state index in [-0.39, 0.29) is 18.1 Å². The molecule has 0 spiro atoms. The zero-order valence-electron chi connectivity index (χ0n) is 15.7. The highest BCUT2D eigenvalue weighted by Crippen LogP contribution is 2.29. The number of carbonyl (C=O) groups is 1. The maximum absolute atomic E-state index is 12.3. The molecule has 3 N–H and O–H groups in total. The second-order valence-electron chi connectivity index (χ2n) is 6.11. The minimum Gasteiger partial charge on any atom is -0.497 e. The van der Waals surface area contributed by atoms with Gasteiger partial charge in [0, 0.05) is 23.5 Å². The van der Waals surface area contributed by atoms with E-state index in [1.54, 1.807) is 37.4 Å². The SMILES string of the molecule is COc1ccc(NC(=O)CNc2cc([N+](=O)[O-])ccc2Nc2ccccc2)cc1. The lowest BCUT2D eigenvalue weighted by Crippen LogP contribution is -2.22. The Morgan fingerprint density at radius 2 is 1.69 bits per heavy atom. The smallest absolute Gasteiger partial charge is 0.271 e. The molecule has 0 aliphatic heterocycles. The van der Waals surface area contributed by atoms with Crippen molar-refractivity contribution < 1.29 is 14.5 Å². The van der Waals surface area contributed by atoms with Crippen LogP contribution in [0.3, 0.4) is 0 Å². The summed E-state index contributed by atoms with van der Waals surface area (Å²) in [4.78, 5) is 22.9. The van der Waals surface area contributed by atoms with Crippen molar-refractivity contribution in [1.82, 2.24) is 0 Å². The molecule has 8 nitrogen and oxygen atoms in total. The van der Waals surface area contributed by atoms with Crippen molar-refractivity contribution in [3.63, 3.8) is 0 Å². The summed E-state index contributed by atoms with van der Waals surface area (Å²) in [6.45, 7) is -0.0589. The Morgan fingerprint density at radius 1 is 0.966 bits per heavy atom. The Kier molecular flexibility index (Phi) is 6.26. The average molecular weight is 392 g/mol. The van der Waals surface area contributed by atoms with E-state index in [4.69, 9.17) is 4.74 Å². The molecule has 0 bridgehead atoms. The predicted octanol–water partition coefficient (Wildman–Crippen LogP) is 4.40. The molecule has 8 heteroatoms. The molecule has 3 aromatic rings. The second-order valence-corrected chi connectivity index (χ2v) is 6.11. The van der Waals surface area contributed by atoms with Crippen molar-refractivity contribution in [3.8, 4) is 5.75 Å². The van der Waals surface area contributed by atoms with Gasteiger partial charge in [0.25, 0.3) is 5.69 Å². The van der Waals surface area contributed by atoms with Gasteiger partial charge in [-0.1, -0.05) is 18.2 Å². The molecule has 0 unspecified atom stereocenters. The summed E-state index contributed by atoms with van der Waals surface area (Å²) in [5.74, 6) is 0.404. The van der Waals surface area contributed by atoms with Gasteiger partial charge in [-0.15, -0.1) is 0 Å². The first-order valence-corrected chi connectivity index (χ1v) is 8.83. The molecule has 3 aromatic carbocycles. The summed E-state index contributed by atoms with van der Waals surface area (Å²) in [7, 11) is 1.57. The monoisotopic (exact) mass is 392 g/mol. The summed E-state index contributed by atoms with van der Waals surface area (Å²) in [5, 5.41) is 20.0. The fourth-order valence-corrected chi connectivity index (χ4v) is 2.63. The van der Waals surface area contributed by atoms with Crippen LogP contribution < -0.4 is 20.7 Å². The number of nitrogens with one attached hydrogen (secondary N) is 3. The zero-order valence-corrected chi connectivity index (χ0v) is 15.7. The fourth-order valence-electron chi connectivity index (χ4n) is 2.63. The molecule has 0 aliphatic carbocycles. The first-order chi connectivity index (χ1) is 14.0. The van der Waals surface area contributed by atoms with Gasteiger partial charge in [-0.2, -0.15) is 0 Å². The fraction of sp³-hybridized carbons (Fsp3) is 0.0952. The van der Waals surface area contributed by atoms with E-state index in [9.17, 15) is 14.9 Å². The van der Waals surface area contributed by atoms with E-state index in [0.717, 1.165) is 5.69 Å². The highest BCUT2D eigenvalue weighted by atomic mass is 16.6. The molecule has 1 amide bonds. The molecule has 0 aromatic heterocycles. The van der Waals surface area contributed by atoms with Crippen LogP contribution in [0.15, 0.2) is 72.8 Å². The molecule has 3 rings (SSSR count). The lowest BCUT2D eigenvalue weighted by Gasteiger charge is -2.14. The third-order valence-corrected chi connectivity index (χ3v) is 4.08. The highest BCUT2D eigenvalue weighted by molar-refractivity contribution is 5.94. The van der Waals surface area contributed by atoms with Crippen LogP contribution in [0.5, 0.6) is 5.75 Å². The number of non-ortho nitro benzene ring substituents is 1. The molecule has 0 aliphatic rings. The van der Waals surface area contributed by atoms with E-state index in [1.807, 2.05) is 30.3 Å². The number of anilines is 4. The normalized spacial score (nSPS) is 10.1. The number of amides is 1. The summed E-state index contributed by atoms with van der Waals surface area (Å²) >= 11 is 0. The van der Waals surface area contributed by atoms with E-state index < -0.39 is 4.92 Å². The van der Waals surface area contributed by atoms with Gasteiger partial charge in [0.05, 0.1) is 30.0 Å². The van der Waals surface area contributed by atoms with E-state index in [1.165, 1.54) is 12.1 Å². The molecule has 0 radical (unpaired) electrons. The van der Waals surface area contributed by atoms with Gasteiger partial charge in [0.1, 0.15) is 5.75 Å². The summed E-state index contributed by atoms with van der Waals surface area (Å²) in [5.41, 5.74) is 2.46. The number of para-hydroxylation sites is 1. The van der Waals surface area contributed by atoms with Gasteiger partial charge in [0.15, 0.2) is 0 Å². The standard InChI is InChI=1S/C21H20N4O4/c1-29-18-10-7-16(8-11-18)24-21(26)14-22-20-13-17(25(27)28)9-12-19(20)23-15-5-3-2-4-6-15/h2-13,22-23H,14H2,1H3,(H,24,26). The second kappa shape index (κ2) is 9.23. The van der Waals surface area contributed by atoms with Gasteiger partial charge < -0.3 is 20.7 Å².